The molecule has 0 fully saturated rings. The Kier molecular flexibility index (Phi) is 3.24. The normalized spacial score (nSPS) is 10.8. The minimum Gasteiger partial charge on any atom is -0.313 e. The lowest BCUT2D eigenvalue weighted by Gasteiger charge is -2.08. The second kappa shape index (κ2) is 5.54. The maximum absolute atomic E-state index is 11.3. The second-order valence-electron chi connectivity index (χ2n) is 5.36. The van der Waals surface area contributed by atoms with Gasteiger partial charge in [0.2, 0.25) is 0 Å². The monoisotopic (exact) mass is 298 g/mol. The van der Waals surface area contributed by atoms with Crippen LogP contribution >= 0.6 is 0 Å². The molecule has 110 valence electrons. The number of carbonyl (C=O) groups excluding carboxylic acids is 1. The Morgan fingerprint density at radius 1 is 0.870 bits per heavy atom. The van der Waals surface area contributed by atoms with Gasteiger partial charge < -0.3 is 4.40 Å². The lowest BCUT2D eigenvalue weighted by molar-refractivity contribution is 0.112. The molecule has 0 saturated heterocycles. The van der Waals surface area contributed by atoms with Crippen LogP contribution in [0.2, 0.25) is 0 Å². The Morgan fingerprint density at radius 2 is 1.65 bits per heavy atom. The minimum absolute atomic E-state index is 0.686. The van der Waals surface area contributed by atoms with Crippen LogP contribution in [-0.2, 0) is 0 Å². The van der Waals surface area contributed by atoms with E-state index in [1.165, 1.54) is 0 Å². The van der Waals surface area contributed by atoms with E-state index >= 15 is 0 Å². The van der Waals surface area contributed by atoms with Crippen LogP contribution in [0.25, 0.3) is 28.0 Å². The maximum Gasteiger partial charge on any atom is 0.150 e. The van der Waals surface area contributed by atoms with E-state index in [2.05, 4.69) is 9.38 Å². The van der Waals surface area contributed by atoms with E-state index in [1.54, 1.807) is 0 Å². The van der Waals surface area contributed by atoms with Crippen molar-refractivity contribution in [3.05, 3.63) is 84.7 Å². The van der Waals surface area contributed by atoms with Gasteiger partial charge in [-0.2, -0.15) is 0 Å². The molecule has 2 aromatic carbocycles. The summed E-state index contributed by atoms with van der Waals surface area (Å²) in [5.41, 5.74) is 5.57. The first kappa shape index (κ1) is 13.5. The van der Waals surface area contributed by atoms with Gasteiger partial charge in [-0.3, -0.25) is 9.78 Å². The molecule has 3 nitrogen and oxygen atoms in total. The molecule has 3 heteroatoms. The predicted molar refractivity (Wildman–Crippen MR) is 91.5 cm³/mol. The minimum atomic E-state index is 0.686. The molecule has 0 N–H and O–H groups in total. The number of fused-ring (bicyclic) bond motifs is 1. The zero-order chi connectivity index (χ0) is 15.6. The van der Waals surface area contributed by atoms with Gasteiger partial charge in [-0.25, -0.2) is 0 Å². The highest BCUT2D eigenvalue weighted by molar-refractivity contribution is 5.87. The molecule has 2 aromatic heterocycles. The Morgan fingerprint density at radius 3 is 2.48 bits per heavy atom. The third-order valence-corrected chi connectivity index (χ3v) is 3.97. The van der Waals surface area contributed by atoms with Crippen molar-refractivity contribution in [2.24, 2.45) is 0 Å². The topological polar surface area (TPSA) is 34.4 Å². The van der Waals surface area contributed by atoms with Gasteiger partial charge in [0.15, 0.2) is 6.29 Å². The number of hydrogen-bond acceptors (Lipinski definition) is 2. The summed E-state index contributed by atoms with van der Waals surface area (Å²) in [4.78, 5) is 15.9. The number of rotatable bonds is 3. The Hall–Kier alpha value is -3.20. The van der Waals surface area contributed by atoms with Crippen LogP contribution in [0.1, 0.15) is 10.4 Å². The molecule has 2 heterocycles. The highest BCUT2D eigenvalue weighted by atomic mass is 16.1. The zero-order valence-electron chi connectivity index (χ0n) is 12.4. The lowest BCUT2D eigenvalue weighted by Crippen LogP contribution is -1.94. The first-order chi connectivity index (χ1) is 11.4. The number of aldehydes is 1. The summed E-state index contributed by atoms with van der Waals surface area (Å²) in [6, 6.07) is 21.7. The molecule has 0 aliphatic heterocycles. The van der Waals surface area contributed by atoms with Gasteiger partial charge in [0.1, 0.15) is 0 Å². The van der Waals surface area contributed by atoms with Crippen LogP contribution < -0.4 is 0 Å². The summed E-state index contributed by atoms with van der Waals surface area (Å²) in [5, 5.41) is 0. The van der Waals surface area contributed by atoms with Crippen molar-refractivity contribution >= 4 is 11.8 Å². The van der Waals surface area contributed by atoms with Gasteiger partial charge in [-0.1, -0.05) is 54.6 Å². The third kappa shape index (κ3) is 2.32. The average molecular weight is 298 g/mol. The molecule has 4 rings (SSSR count). The van der Waals surface area contributed by atoms with Crippen LogP contribution in [0.15, 0.2) is 79.1 Å². The standard InChI is InChI=1S/C20H14N2O/c23-14-16-8-4-5-9-18(16)20-11-10-17-12-21-19(13-22(17)20)15-6-2-1-3-7-15/h1-14H. The summed E-state index contributed by atoms with van der Waals surface area (Å²) in [5.74, 6) is 0. The zero-order valence-corrected chi connectivity index (χ0v) is 12.4. The van der Waals surface area contributed by atoms with Gasteiger partial charge in [0.25, 0.3) is 0 Å². The highest BCUT2D eigenvalue weighted by Gasteiger charge is 2.10. The molecular formula is C20H14N2O. The molecule has 0 unspecified atom stereocenters. The average Bonchev–Trinajstić information content (AvgIpc) is 3.05. The highest BCUT2D eigenvalue weighted by Crippen LogP contribution is 2.27. The van der Waals surface area contributed by atoms with Crippen LogP contribution in [0.5, 0.6) is 0 Å². The van der Waals surface area contributed by atoms with Gasteiger partial charge in [0, 0.05) is 22.9 Å². The molecule has 0 aliphatic carbocycles. The van der Waals surface area contributed by atoms with Gasteiger partial charge in [-0.05, 0) is 12.1 Å². The van der Waals surface area contributed by atoms with E-state index in [-0.39, 0.29) is 0 Å². The molecule has 0 atom stereocenters. The lowest BCUT2D eigenvalue weighted by atomic mass is 10.1. The van der Waals surface area contributed by atoms with E-state index in [9.17, 15) is 4.79 Å². The van der Waals surface area contributed by atoms with Crippen molar-refractivity contribution in [1.29, 1.82) is 0 Å². The van der Waals surface area contributed by atoms with E-state index in [4.69, 9.17) is 0 Å². The Balaban J connectivity index is 1.93. The fraction of sp³-hybridized carbons (Fsp3) is 0. The molecule has 0 spiro atoms. The van der Waals surface area contributed by atoms with Crippen LogP contribution in [-0.4, -0.2) is 15.7 Å². The van der Waals surface area contributed by atoms with Crippen molar-refractivity contribution in [3.8, 4) is 22.5 Å². The SMILES string of the molecule is O=Cc1ccccc1-c1ccc2cnc(-c3ccccc3)cn12. The molecular weight excluding hydrogens is 284 g/mol. The number of carbonyl (C=O) groups is 1. The molecule has 4 aromatic rings. The van der Waals surface area contributed by atoms with Crippen LogP contribution in [0.4, 0.5) is 0 Å². The van der Waals surface area contributed by atoms with Gasteiger partial charge in [0.05, 0.1) is 23.1 Å². The molecule has 0 radical (unpaired) electrons. The third-order valence-electron chi connectivity index (χ3n) is 3.97. The molecule has 0 aliphatic rings. The molecule has 23 heavy (non-hydrogen) atoms. The number of hydrogen-bond donors (Lipinski definition) is 0. The van der Waals surface area contributed by atoms with E-state index in [0.717, 1.165) is 34.3 Å². The maximum atomic E-state index is 11.3. The van der Waals surface area contributed by atoms with Crippen molar-refractivity contribution in [2.45, 2.75) is 0 Å². The summed E-state index contributed by atoms with van der Waals surface area (Å²) in [6.45, 7) is 0. The van der Waals surface area contributed by atoms with Crippen molar-refractivity contribution in [2.75, 3.05) is 0 Å². The van der Waals surface area contributed by atoms with Gasteiger partial charge in [-0.15, -0.1) is 0 Å². The fourth-order valence-corrected chi connectivity index (χ4v) is 2.82. The van der Waals surface area contributed by atoms with Crippen LogP contribution in [0.3, 0.4) is 0 Å². The number of aromatic nitrogens is 2. The second-order valence-corrected chi connectivity index (χ2v) is 5.36. The molecule has 0 amide bonds. The van der Waals surface area contributed by atoms with Gasteiger partial charge >= 0.3 is 0 Å². The van der Waals surface area contributed by atoms with E-state index in [0.29, 0.717) is 5.56 Å². The summed E-state index contributed by atoms with van der Waals surface area (Å²) < 4.78 is 2.08. The Labute approximate surface area is 133 Å². The summed E-state index contributed by atoms with van der Waals surface area (Å²) >= 11 is 0. The van der Waals surface area contributed by atoms with E-state index in [1.807, 2.05) is 79.1 Å². The van der Waals surface area contributed by atoms with Crippen LogP contribution in [0, 0.1) is 0 Å². The van der Waals surface area contributed by atoms with Crippen molar-refractivity contribution in [1.82, 2.24) is 9.38 Å². The van der Waals surface area contributed by atoms with Crippen molar-refractivity contribution in [3.63, 3.8) is 0 Å². The predicted octanol–water partition coefficient (Wildman–Crippen LogP) is 4.48. The van der Waals surface area contributed by atoms with Crippen molar-refractivity contribution < 1.29 is 4.79 Å². The summed E-state index contributed by atoms with van der Waals surface area (Å²) in [7, 11) is 0. The number of benzene rings is 2. The quantitative estimate of drug-likeness (QED) is 0.523. The molecule has 0 saturated carbocycles. The summed E-state index contributed by atoms with van der Waals surface area (Å²) in [6.07, 6.45) is 4.77. The first-order valence-electron chi connectivity index (χ1n) is 7.44. The molecule has 0 bridgehead atoms. The fourth-order valence-electron chi connectivity index (χ4n) is 2.82. The largest absolute Gasteiger partial charge is 0.313 e. The number of nitrogens with zero attached hydrogens (tertiary/aromatic N) is 2. The van der Waals surface area contributed by atoms with E-state index < -0.39 is 0 Å². The Bertz CT molecular complexity index is 987. The first-order valence-corrected chi connectivity index (χ1v) is 7.44. The smallest absolute Gasteiger partial charge is 0.150 e.